The first kappa shape index (κ1) is 16.3. The molecule has 122 valence electrons. The van der Waals surface area contributed by atoms with Crippen LogP contribution in [0.2, 0.25) is 0 Å². The van der Waals surface area contributed by atoms with Gasteiger partial charge in [0.1, 0.15) is 9.88 Å². The van der Waals surface area contributed by atoms with Gasteiger partial charge in [-0.25, -0.2) is 4.98 Å². The molecule has 2 heterocycles. The van der Waals surface area contributed by atoms with Crippen LogP contribution in [0.5, 0.6) is 0 Å². The number of carbonyl (C=O) groups is 1. The largest absolute Gasteiger partial charge is 0.351 e. The number of benzene rings is 1. The summed E-state index contributed by atoms with van der Waals surface area (Å²) in [6.07, 6.45) is 1.73. The van der Waals surface area contributed by atoms with Gasteiger partial charge in [0.2, 0.25) is 0 Å². The highest BCUT2D eigenvalue weighted by Gasteiger charge is 2.17. The molecule has 1 aromatic carbocycles. The highest BCUT2D eigenvalue weighted by Crippen LogP contribution is 2.26. The molecule has 0 fully saturated rings. The van der Waals surface area contributed by atoms with Crippen LogP contribution in [0.3, 0.4) is 0 Å². The zero-order valence-electron chi connectivity index (χ0n) is 13.7. The van der Waals surface area contributed by atoms with Crippen LogP contribution >= 0.6 is 11.3 Å². The summed E-state index contributed by atoms with van der Waals surface area (Å²) in [6, 6.07) is 15.9. The number of hydrogen-bond acceptors (Lipinski definition) is 4. The number of pyridine rings is 1. The van der Waals surface area contributed by atoms with Crippen molar-refractivity contribution in [2.45, 2.75) is 19.8 Å². The van der Waals surface area contributed by atoms with Gasteiger partial charge in [-0.05, 0) is 30.5 Å². The molecular formula is C19H19N3OS. The average Bonchev–Trinajstić information content (AvgIpc) is 3.03. The molecule has 0 spiro atoms. The molecule has 0 saturated carbocycles. The van der Waals surface area contributed by atoms with Gasteiger partial charge in [0, 0.05) is 12.7 Å². The minimum atomic E-state index is -0.0741. The van der Waals surface area contributed by atoms with E-state index in [-0.39, 0.29) is 11.8 Å². The smallest absolute Gasteiger partial charge is 0.263 e. The first-order valence-corrected chi connectivity index (χ1v) is 8.69. The maximum atomic E-state index is 12.5. The van der Waals surface area contributed by atoms with E-state index in [1.54, 1.807) is 6.20 Å². The Hall–Kier alpha value is -2.53. The fraction of sp³-hybridized carbons (Fsp3) is 0.211. The van der Waals surface area contributed by atoms with Crippen molar-refractivity contribution in [1.82, 2.24) is 15.3 Å². The number of aromatic nitrogens is 2. The van der Waals surface area contributed by atoms with Gasteiger partial charge in [-0.2, -0.15) is 0 Å². The van der Waals surface area contributed by atoms with E-state index in [4.69, 9.17) is 0 Å². The molecular weight excluding hydrogens is 318 g/mol. The van der Waals surface area contributed by atoms with Gasteiger partial charge >= 0.3 is 0 Å². The zero-order valence-corrected chi connectivity index (χ0v) is 14.5. The van der Waals surface area contributed by atoms with Gasteiger partial charge in [0.05, 0.1) is 11.4 Å². The molecule has 3 rings (SSSR count). The summed E-state index contributed by atoms with van der Waals surface area (Å²) in [5.74, 6) is 0.189. The zero-order chi connectivity index (χ0) is 16.9. The molecule has 0 aliphatic heterocycles. The summed E-state index contributed by atoms with van der Waals surface area (Å²) in [7, 11) is 0. The Morgan fingerprint density at radius 1 is 1.17 bits per heavy atom. The third-order valence-corrected chi connectivity index (χ3v) is 5.00. The van der Waals surface area contributed by atoms with Crippen molar-refractivity contribution in [3.05, 3.63) is 70.9 Å². The fourth-order valence-corrected chi connectivity index (χ4v) is 3.39. The third-order valence-electron chi connectivity index (χ3n) is 3.82. The normalized spacial score (nSPS) is 11.9. The van der Waals surface area contributed by atoms with Crippen molar-refractivity contribution in [3.63, 3.8) is 0 Å². The van der Waals surface area contributed by atoms with Crippen LogP contribution in [0.25, 0.3) is 10.7 Å². The van der Waals surface area contributed by atoms with Crippen LogP contribution in [0.4, 0.5) is 0 Å². The molecule has 24 heavy (non-hydrogen) atoms. The molecule has 0 bridgehead atoms. The molecule has 3 aromatic rings. The van der Waals surface area contributed by atoms with Gasteiger partial charge in [-0.15, -0.1) is 11.3 Å². The maximum absolute atomic E-state index is 12.5. The van der Waals surface area contributed by atoms with Crippen molar-refractivity contribution in [1.29, 1.82) is 0 Å². The first-order chi connectivity index (χ1) is 11.6. The molecule has 0 radical (unpaired) electrons. The second kappa shape index (κ2) is 7.36. The SMILES string of the molecule is Cc1nc(-c2ccccn2)sc1C(=O)NC[C@@H](C)c1ccccc1. The minimum absolute atomic E-state index is 0.0741. The van der Waals surface area contributed by atoms with Crippen molar-refractivity contribution < 1.29 is 4.79 Å². The quantitative estimate of drug-likeness (QED) is 0.764. The summed E-state index contributed by atoms with van der Waals surface area (Å²) in [5.41, 5.74) is 2.75. The van der Waals surface area contributed by atoms with Gasteiger partial charge in [0.15, 0.2) is 0 Å². The van der Waals surface area contributed by atoms with Crippen LogP contribution in [0.1, 0.15) is 33.8 Å². The summed E-state index contributed by atoms with van der Waals surface area (Å²) < 4.78 is 0. The van der Waals surface area contributed by atoms with E-state index in [9.17, 15) is 4.79 Å². The van der Waals surface area contributed by atoms with E-state index in [1.807, 2.05) is 43.3 Å². The summed E-state index contributed by atoms with van der Waals surface area (Å²) in [5, 5.41) is 3.79. The van der Waals surface area contributed by atoms with Crippen molar-refractivity contribution in [2.24, 2.45) is 0 Å². The molecule has 0 aliphatic carbocycles. The minimum Gasteiger partial charge on any atom is -0.351 e. The van der Waals surface area contributed by atoms with Gasteiger partial charge in [0.25, 0.3) is 5.91 Å². The predicted octanol–water partition coefficient (Wildman–Crippen LogP) is 4.05. The highest BCUT2D eigenvalue weighted by molar-refractivity contribution is 7.17. The average molecular weight is 337 g/mol. The predicted molar refractivity (Wildman–Crippen MR) is 97.3 cm³/mol. The van der Waals surface area contributed by atoms with Crippen LogP contribution in [0, 0.1) is 6.92 Å². The Balaban J connectivity index is 1.68. The van der Waals surface area contributed by atoms with Crippen molar-refractivity contribution in [2.75, 3.05) is 6.54 Å². The number of nitrogens with one attached hydrogen (secondary N) is 1. The summed E-state index contributed by atoms with van der Waals surface area (Å²) in [6.45, 7) is 4.56. The molecule has 0 saturated heterocycles. The lowest BCUT2D eigenvalue weighted by molar-refractivity contribution is 0.0955. The Labute approximate surface area is 145 Å². The second-order valence-corrected chi connectivity index (χ2v) is 6.67. The van der Waals surface area contributed by atoms with E-state index in [0.29, 0.717) is 11.4 Å². The molecule has 1 N–H and O–H groups in total. The molecule has 0 aliphatic rings. The molecule has 0 unspecified atom stereocenters. The molecule has 1 amide bonds. The summed E-state index contributed by atoms with van der Waals surface area (Å²) in [4.78, 5) is 21.9. The van der Waals surface area contributed by atoms with E-state index in [2.05, 4.69) is 34.3 Å². The summed E-state index contributed by atoms with van der Waals surface area (Å²) >= 11 is 1.38. The van der Waals surface area contributed by atoms with Gasteiger partial charge < -0.3 is 5.32 Å². The highest BCUT2D eigenvalue weighted by atomic mass is 32.1. The third kappa shape index (κ3) is 3.68. The first-order valence-electron chi connectivity index (χ1n) is 7.87. The maximum Gasteiger partial charge on any atom is 0.263 e. The van der Waals surface area contributed by atoms with Gasteiger partial charge in [-0.1, -0.05) is 43.3 Å². The van der Waals surface area contributed by atoms with Crippen molar-refractivity contribution >= 4 is 17.2 Å². The van der Waals surface area contributed by atoms with Crippen LogP contribution in [-0.4, -0.2) is 22.4 Å². The van der Waals surface area contributed by atoms with Gasteiger partial charge in [-0.3, -0.25) is 9.78 Å². The van der Waals surface area contributed by atoms with Crippen LogP contribution in [-0.2, 0) is 0 Å². The lowest BCUT2D eigenvalue weighted by Crippen LogP contribution is -2.27. The number of aryl methyl sites for hydroxylation is 1. The standard InChI is InChI=1S/C19H19N3OS/c1-13(15-8-4-3-5-9-15)12-21-18(23)17-14(2)22-19(24-17)16-10-6-7-11-20-16/h3-11,13H,12H2,1-2H3,(H,21,23)/t13-/m1/s1. The number of hydrogen-bond donors (Lipinski definition) is 1. The topological polar surface area (TPSA) is 54.9 Å². The van der Waals surface area contributed by atoms with Crippen LogP contribution < -0.4 is 5.32 Å². The van der Waals surface area contributed by atoms with Crippen molar-refractivity contribution in [3.8, 4) is 10.7 Å². The second-order valence-electron chi connectivity index (χ2n) is 5.67. The Bertz CT molecular complexity index is 815. The Kier molecular flexibility index (Phi) is 5.01. The monoisotopic (exact) mass is 337 g/mol. The molecule has 2 aromatic heterocycles. The number of carbonyl (C=O) groups excluding carboxylic acids is 1. The van der Waals surface area contributed by atoms with Crippen LogP contribution in [0.15, 0.2) is 54.7 Å². The Morgan fingerprint density at radius 2 is 1.92 bits per heavy atom. The van der Waals surface area contributed by atoms with E-state index in [1.165, 1.54) is 16.9 Å². The van der Waals surface area contributed by atoms with E-state index < -0.39 is 0 Å². The lowest BCUT2D eigenvalue weighted by atomic mass is 10.0. The fourth-order valence-electron chi connectivity index (χ4n) is 2.43. The molecule has 1 atom stereocenters. The number of amides is 1. The van der Waals surface area contributed by atoms with E-state index >= 15 is 0 Å². The Morgan fingerprint density at radius 3 is 2.62 bits per heavy atom. The number of rotatable bonds is 5. The molecule has 4 nitrogen and oxygen atoms in total. The molecule has 5 heteroatoms. The number of nitrogens with zero attached hydrogens (tertiary/aromatic N) is 2. The van der Waals surface area contributed by atoms with E-state index in [0.717, 1.165) is 16.4 Å². The number of thiazole rings is 1. The lowest BCUT2D eigenvalue weighted by Gasteiger charge is -2.12.